The molecule has 1 aromatic carbocycles. The molecular weight excluding hydrogens is 222 g/mol. The molecule has 0 spiro atoms. The first-order valence-electron chi connectivity index (χ1n) is 5.31. The van der Waals surface area contributed by atoms with Crippen LogP contribution in [0, 0.1) is 0 Å². The number of hydrogen-bond donors (Lipinski definition) is 1. The zero-order valence-electron chi connectivity index (χ0n) is 9.66. The molecule has 0 aromatic heterocycles. The molecule has 4 heteroatoms. The molecule has 1 aliphatic rings. The lowest BCUT2D eigenvalue weighted by molar-refractivity contribution is -0.117. The van der Waals surface area contributed by atoms with Gasteiger partial charge in [0.05, 0.1) is 17.0 Å². The molecule has 0 fully saturated rings. The zero-order valence-corrected chi connectivity index (χ0v) is 10.5. The number of thioether (sulfide) groups is 1. The summed E-state index contributed by atoms with van der Waals surface area (Å²) in [6, 6.07) is 5.83. The topological polar surface area (TPSA) is 38.3 Å². The maximum absolute atomic E-state index is 11.8. The fourth-order valence-corrected chi connectivity index (χ4v) is 2.67. The van der Waals surface area contributed by atoms with Gasteiger partial charge in [0.2, 0.25) is 5.91 Å². The standard InChI is InChI=1S/C12H15NO2S/c1-4-15-8-6-5-7-9-10(8)13-11(14)12(2,3)16-9/h5-7H,4H2,1-3H3,(H,13,14). The number of nitrogens with one attached hydrogen (secondary N) is 1. The highest BCUT2D eigenvalue weighted by Gasteiger charge is 2.35. The molecule has 1 aromatic rings. The van der Waals surface area contributed by atoms with Gasteiger partial charge in [-0.25, -0.2) is 0 Å². The molecule has 1 N–H and O–H groups in total. The number of carbonyl (C=O) groups excluding carboxylic acids is 1. The molecule has 0 radical (unpaired) electrons. The molecule has 0 atom stereocenters. The van der Waals surface area contributed by atoms with Crippen molar-refractivity contribution < 1.29 is 9.53 Å². The van der Waals surface area contributed by atoms with E-state index in [1.165, 1.54) is 0 Å². The van der Waals surface area contributed by atoms with E-state index in [9.17, 15) is 4.79 Å². The lowest BCUT2D eigenvalue weighted by Gasteiger charge is -2.30. The number of fused-ring (bicyclic) bond motifs is 1. The Balaban J connectivity index is 2.42. The molecule has 1 heterocycles. The van der Waals surface area contributed by atoms with Gasteiger partial charge in [0.25, 0.3) is 0 Å². The lowest BCUT2D eigenvalue weighted by atomic mass is 10.1. The first-order chi connectivity index (χ1) is 7.54. The van der Waals surface area contributed by atoms with E-state index >= 15 is 0 Å². The Morgan fingerprint density at radius 3 is 2.88 bits per heavy atom. The number of rotatable bonds is 2. The van der Waals surface area contributed by atoms with E-state index in [4.69, 9.17) is 4.74 Å². The molecule has 0 saturated carbocycles. The normalized spacial score (nSPS) is 17.6. The van der Waals surface area contributed by atoms with Crippen LogP contribution in [0.1, 0.15) is 20.8 Å². The third kappa shape index (κ3) is 1.89. The minimum absolute atomic E-state index is 0.0251. The summed E-state index contributed by atoms with van der Waals surface area (Å²) in [5.41, 5.74) is 0.804. The van der Waals surface area contributed by atoms with Gasteiger partial charge in [-0.15, -0.1) is 11.8 Å². The highest BCUT2D eigenvalue weighted by Crippen LogP contribution is 2.45. The van der Waals surface area contributed by atoms with Crippen molar-refractivity contribution in [3.63, 3.8) is 0 Å². The van der Waals surface area contributed by atoms with Crippen molar-refractivity contribution in [1.29, 1.82) is 0 Å². The smallest absolute Gasteiger partial charge is 0.240 e. The Bertz CT molecular complexity index is 429. The second kappa shape index (κ2) is 4.01. The second-order valence-electron chi connectivity index (χ2n) is 4.13. The molecule has 0 aliphatic carbocycles. The van der Waals surface area contributed by atoms with E-state index in [0.29, 0.717) is 6.61 Å². The Kier molecular flexibility index (Phi) is 2.84. The van der Waals surface area contributed by atoms with Gasteiger partial charge in [-0.2, -0.15) is 0 Å². The van der Waals surface area contributed by atoms with Crippen LogP contribution < -0.4 is 10.1 Å². The summed E-state index contributed by atoms with van der Waals surface area (Å²) in [5.74, 6) is 0.772. The molecule has 3 nitrogen and oxygen atoms in total. The van der Waals surface area contributed by atoms with Crippen LogP contribution in [0.15, 0.2) is 23.1 Å². The molecule has 2 rings (SSSR count). The van der Waals surface area contributed by atoms with Gasteiger partial charge in [0.1, 0.15) is 5.75 Å². The number of hydrogen-bond acceptors (Lipinski definition) is 3. The van der Waals surface area contributed by atoms with Gasteiger partial charge in [-0.1, -0.05) is 6.07 Å². The van der Waals surface area contributed by atoms with Gasteiger partial charge < -0.3 is 10.1 Å². The van der Waals surface area contributed by atoms with Crippen LogP contribution in [0.4, 0.5) is 5.69 Å². The van der Waals surface area contributed by atoms with Gasteiger partial charge in [-0.3, -0.25) is 4.79 Å². The van der Waals surface area contributed by atoms with Crippen molar-refractivity contribution >= 4 is 23.4 Å². The molecule has 16 heavy (non-hydrogen) atoms. The van der Waals surface area contributed by atoms with Crippen LogP contribution in [0.3, 0.4) is 0 Å². The second-order valence-corrected chi connectivity index (χ2v) is 5.79. The van der Waals surface area contributed by atoms with Crippen LogP contribution in [0.25, 0.3) is 0 Å². The van der Waals surface area contributed by atoms with Crippen LogP contribution in [0.2, 0.25) is 0 Å². The molecular formula is C12H15NO2S. The van der Waals surface area contributed by atoms with Crippen LogP contribution in [-0.2, 0) is 4.79 Å². The fraction of sp³-hybridized carbons (Fsp3) is 0.417. The minimum Gasteiger partial charge on any atom is -0.492 e. The number of carbonyl (C=O) groups is 1. The third-order valence-corrected chi connectivity index (χ3v) is 3.69. The average molecular weight is 237 g/mol. The Labute approximate surface area is 99.6 Å². The minimum atomic E-state index is -0.419. The van der Waals surface area contributed by atoms with Gasteiger partial charge in [-0.05, 0) is 32.9 Å². The monoisotopic (exact) mass is 237 g/mol. The highest BCUT2D eigenvalue weighted by atomic mass is 32.2. The molecule has 1 aliphatic heterocycles. The van der Waals surface area contributed by atoms with Crippen molar-refractivity contribution in [3.8, 4) is 5.75 Å². The van der Waals surface area contributed by atoms with Crippen LogP contribution in [-0.4, -0.2) is 17.3 Å². The summed E-state index contributed by atoms with van der Waals surface area (Å²) in [6.07, 6.45) is 0. The van der Waals surface area contributed by atoms with E-state index in [2.05, 4.69) is 5.32 Å². The molecule has 0 bridgehead atoms. The quantitative estimate of drug-likeness (QED) is 0.859. The van der Waals surface area contributed by atoms with Gasteiger partial charge in [0.15, 0.2) is 0 Å². The van der Waals surface area contributed by atoms with Gasteiger partial charge in [0, 0.05) is 4.90 Å². The summed E-state index contributed by atoms with van der Waals surface area (Å²) < 4.78 is 5.07. The third-order valence-electron chi connectivity index (χ3n) is 2.44. The van der Waals surface area contributed by atoms with Crippen molar-refractivity contribution in [3.05, 3.63) is 18.2 Å². The maximum atomic E-state index is 11.8. The van der Waals surface area contributed by atoms with Gasteiger partial charge >= 0.3 is 0 Å². The number of para-hydroxylation sites is 1. The number of ether oxygens (including phenoxy) is 1. The van der Waals surface area contributed by atoms with Crippen molar-refractivity contribution in [2.45, 2.75) is 30.4 Å². The summed E-state index contributed by atoms with van der Waals surface area (Å²) in [4.78, 5) is 12.9. The first-order valence-corrected chi connectivity index (χ1v) is 6.12. The van der Waals surface area contributed by atoms with E-state index in [1.807, 2.05) is 39.0 Å². The van der Waals surface area contributed by atoms with E-state index in [-0.39, 0.29) is 5.91 Å². The lowest BCUT2D eigenvalue weighted by Crippen LogP contribution is -2.37. The predicted molar refractivity (Wildman–Crippen MR) is 66.2 cm³/mol. The van der Waals surface area contributed by atoms with Crippen LogP contribution >= 0.6 is 11.8 Å². The summed E-state index contributed by atoms with van der Waals surface area (Å²) in [6.45, 7) is 6.37. The zero-order chi connectivity index (χ0) is 11.8. The van der Waals surface area contributed by atoms with Crippen molar-refractivity contribution in [1.82, 2.24) is 0 Å². The fourth-order valence-electron chi connectivity index (χ4n) is 1.58. The van der Waals surface area contributed by atoms with E-state index in [1.54, 1.807) is 11.8 Å². The number of benzene rings is 1. The summed E-state index contributed by atoms with van der Waals surface area (Å²) >= 11 is 1.57. The number of anilines is 1. The number of amides is 1. The largest absolute Gasteiger partial charge is 0.492 e. The Morgan fingerprint density at radius 1 is 1.44 bits per heavy atom. The SMILES string of the molecule is CCOc1cccc2c1NC(=O)C(C)(C)S2. The Hall–Kier alpha value is -1.16. The van der Waals surface area contributed by atoms with Crippen LogP contribution in [0.5, 0.6) is 5.75 Å². The maximum Gasteiger partial charge on any atom is 0.240 e. The van der Waals surface area contributed by atoms with Crippen molar-refractivity contribution in [2.24, 2.45) is 0 Å². The van der Waals surface area contributed by atoms with E-state index < -0.39 is 4.75 Å². The molecule has 0 unspecified atom stereocenters. The van der Waals surface area contributed by atoms with Crippen molar-refractivity contribution in [2.75, 3.05) is 11.9 Å². The predicted octanol–water partition coefficient (Wildman–Crippen LogP) is 2.91. The molecule has 0 saturated heterocycles. The summed E-state index contributed by atoms with van der Waals surface area (Å²) in [5, 5.41) is 2.92. The first kappa shape index (κ1) is 11.3. The molecule has 86 valence electrons. The highest BCUT2D eigenvalue weighted by molar-refractivity contribution is 8.01. The average Bonchev–Trinajstić information content (AvgIpc) is 2.21. The Morgan fingerprint density at radius 2 is 2.19 bits per heavy atom. The molecule has 1 amide bonds. The van der Waals surface area contributed by atoms with E-state index in [0.717, 1.165) is 16.3 Å². The summed E-state index contributed by atoms with van der Waals surface area (Å²) in [7, 11) is 0.